The molecule has 0 unspecified atom stereocenters. The molecule has 1 amide bonds. The van der Waals surface area contributed by atoms with Crippen LogP contribution in [0.2, 0.25) is 0 Å². The van der Waals surface area contributed by atoms with Crippen molar-refractivity contribution in [1.82, 2.24) is 0 Å². The van der Waals surface area contributed by atoms with Crippen LogP contribution in [0.3, 0.4) is 0 Å². The molecule has 0 N–H and O–H groups in total. The minimum absolute atomic E-state index is 0.356. The predicted molar refractivity (Wildman–Crippen MR) is 68.8 cm³/mol. The molecule has 0 radical (unpaired) electrons. The Morgan fingerprint density at radius 3 is 1.95 bits per heavy atom. The van der Waals surface area contributed by atoms with Crippen LogP contribution in [0.25, 0.3) is 31.3 Å². The first kappa shape index (κ1) is 17.6. The van der Waals surface area contributed by atoms with Crippen molar-refractivity contribution in [2.45, 2.75) is 0 Å². The van der Waals surface area contributed by atoms with Gasteiger partial charge < -0.3 is 4.74 Å². The second-order valence-corrected chi connectivity index (χ2v) is 3.88. The molecular formula is C7H5N9O4S. The van der Waals surface area contributed by atoms with Gasteiger partial charge in [0.2, 0.25) is 0 Å². The third kappa shape index (κ3) is 9.18. The lowest BCUT2D eigenvalue weighted by atomic mass is 10.3. The van der Waals surface area contributed by atoms with Crippen LogP contribution < -0.4 is 4.74 Å². The highest BCUT2D eigenvalue weighted by Gasteiger charge is 1.99. The summed E-state index contributed by atoms with van der Waals surface area (Å²) >= 11 is 0. The number of carbonyl (C=O) groups is 1. The van der Waals surface area contributed by atoms with Crippen molar-refractivity contribution >= 4 is 16.3 Å². The Hall–Kier alpha value is -3.43. The van der Waals surface area contributed by atoms with Crippen molar-refractivity contribution < 1.29 is 17.9 Å². The summed E-state index contributed by atoms with van der Waals surface area (Å²) in [5.74, 6) is 0.356. The van der Waals surface area contributed by atoms with Gasteiger partial charge in [-0.05, 0) is 28.7 Å². The number of ether oxygens (including phenoxy) is 1. The lowest BCUT2D eigenvalue weighted by Gasteiger charge is -1.97. The third-order valence-electron chi connectivity index (χ3n) is 1.35. The first-order valence-electron chi connectivity index (χ1n) is 4.65. The van der Waals surface area contributed by atoms with E-state index in [1.54, 1.807) is 30.3 Å². The summed E-state index contributed by atoms with van der Waals surface area (Å²) in [4.78, 5) is 16.6. The van der Waals surface area contributed by atoms with Crippen LogP contribution in [-0.4, -0.2) is 14.5 Å². The van der Waals surface area contributed by atoms with Crippen LogP contribution in [0.4, 0.5) is 4.79 Å². The molecule has 0 aromatic heterocycles. The molecule has 13 nitrogen and oxygen atoms in total. The number of rotatable bonds is 3. The maximum absolute atomic E-state index is 10.6. The van der Waals surface area contributed by atoms with Crippen LogP contribution >= 0.6 is 0 Å². The van der Waals surface area contributed by atoms with Crippen molar-refractivity contribution in [3.05, 3.63) is 61.7 Å². The summed E-state index contributed by atoms with van der Waals surface area (Å²) in [6.45, 7) is 0. The van der Waals surface area contributed by atoms with Gasteiger partial charge in [0.05, 0.1) is 0 Å². The van der Waals surface area contributed by atoms with Crippen LogP contribution in [-0.2, 0) is 10.2 Å². The highest BCUT2D eigenvalue weighted by molar-refractivity contribution is 7.88. The Labute approximate surface area is 116 Å². The molecule has 1 rings (SSSR count). The maximum atomic E-state index is 10.6. The van der Waals surface area contributed by atoms with E-state index >= 15 is 0 Å². The van der Waals surface area contributed by atoms with Gasteiger partial charge in [-0.15, -0.1) is 0 Å². The number of carbonyl (C=O) groups excluding carboxylic acids is 1. The summed E-state index contributed by atoms with van der Waals surface area (Å²) in [5.41, 5.74) is 22.9. The van der Waals surface area contributed by atoms with E-state index in [9.17, 15) is 13.2 Å². The number of nitrogens with zero attached hydrogens (tertiary/aromatic N) is 9. The zero-order chi connectivity index (χ0) is 16.1. The Balaban J connectivity index is 0.000000400. The molecule has 1 aromatic carbocycles. The molecule has 0 spiro atoms. The first-order chi connectivity index (χ1) is 9.95. The van der Waals surface area contributed by atoms with Gasteiger partial charge in [0, 0.05) is 28.9 Å². The second-order valence-electron chi connectivity index (χ2n) is 2.66. The van der Waals surface area contributed by atoms with Crippen LogP contribution in [0.5, 0.6) is 5.75 Å². The molecule has 21 heavy (non-hydrogen) atoms. The van der Waals surface area contributed by atoms with E-state index in [1.165, 1.54) is 0 Å². The molecule has 0 atom stereocenters. The Kier molecular flexibility index (Phi) is 7.94. The van der Waals surface area contributed by atoms with Crippen molar-refractivity contribution in [1.29, 1.82) is 0 Å². The van der Waals surface area contributed by atoms with Gasteiger partial charge in [-0.25, -0.2) is 13.2 Å². The van der Waals surface area contributed by atoms with E-state index in [0.29, 0.717) is 5.75 Å². The van der Waals surface area contributed by atoms with Crippen molar-refractivity contribution in [3.8, 4) is 5.75 Å². The second kappa shape index (κ2) is 9.49. The average molecular weight is 311 g/mol. The third-order valence-corrected chi connectivity index (χ3v) is 1.91. The number of para-hydroxylation sites is 1. The summed E-state index contributed by atoms with van der Waals surface area (Å²) in [7, 11) is -4.27. The van der Waals surface area contributed by atoms with Gasteiger partial charge in [0.15, 0.2) is 0 Å². The average Bonchev–Trinajstić information content (AvgIpc) is 2.40. The normalized spacial score (nSPS) is 8.57. The monoisotopic (exact) mass is 311 g/mol. The van der Waals surface area contributed by atoms with Crippen molar-refractivity contribution in [2.75, 3.05) is 0 Å². The minimum atomic E-state index is -4.27. The van der Waals surface area contributed by atoms with Gasteiger partial charge in [-0.2, -0.15) is 0 Å². The van der Waals surface area contributed by atoms with Crippen molar-refractivity contribution in [2.24, 2.45) is 14.2 Å². The minimum Gasteiger partial charge on any atom is -0.422 e. The number of hydrogen-bond donors (Lipinski definition) is 0. The molecule has 0 aliphatic heterocycles. The summed E-state index contributed by atoms with van der Waals surface area (Å²) in [6, 6.07) is 8.37. The topological polar surface area (TPSA) is 207 Å². The smallest absolute Gasteiger partial charge is 0.402 e. The molecule has 0 saturated carbocycles. The number of benzene rings is 1. The lowest BCUT2D eigenvalue weighted by Crippen LogP contribution is -1.99. The van der Waals surface area contributed by atoms with Crippen LogP contribution in [0, 0.1) is 0 Å². The van der Waals surface area contributed by atoms with Crippen molar-refractivity contribution in [3.63, 3.8) is 0 Å². The fraction of sp³-hybridized carbons (Fsp3) is 0. The zero-order valence-electron chi connectivity index (χ0n) is 9.95. The molecular weight excluding hydrogens is 306 g/mol. The van der Waals surface area contributed by atoms with Gasteiger partial charge in [-0.1, -0.05) is 18.2 Å². The molecule has 108 valence electrons. The molecule has 14 heteroatoms. The van der Waals surface area contributed by atoms with Crippen LogP contribution in [0.1, 0.15) is 0 Å². The lowest BCUT2D eigenvalue weighted by molar-refractivity contribution is 0.211. The number of hydrogen-bond acceptors (Lipinski definition) is 4. The first-order valence-corrected chi connectivity index (χ1v) is 6.04. The fourth-order valence-electron chi connectivity index (χ4n) is 0.755. The number of amides is 1. The molecule has 0 heterocycles. The van der Waals surface area contributed by atoms with Gasteiger partial charge in [0.25, 0.3) is 0 Å². The Morgan fingerprint density at radius 2 is 1.52 bits per heavy atom. The quantitative estimate of drug-likeness (QED) is 0.466. The van der Waals surface area contributed by atoms with Crippen LogP contribution in [0.15, 0.2) is 44.5 Å². The van der Waals surface area contributed by atoms with Gasteiger partial charge in [0.1, 0.15) is 5.75 Å². The molecule has 0 fully saturated rings. The Bertz CT molecular complexity index is 703. The maximum Gasteiger partial charge on any atom is 0.402 e. The van der Waals surface area contributed by atoms with E-state index in [-0.39, 0.29) is 0 Å². The molecule has 0 saturated heterocycles. The summed E-state index contributed by atoms with van der Waals surface area (Å²) in [5, 5.41) is 2.74. The van der Waals surface area contributed by atoms with E-state index in [1.807, 2.05) is 9.82 Å². The standard InChI is InChI=1S/C7H5N3O2.N6O2S/c8-10-9-7(11)12-6-4-2-1-3-5-6;1-3-5-9(7,8)6-4-2/h1-5H;. The molecule has 0 bridgehead atoms. The largest absolute Gasteiger partial charge is 0.422 e. The Morgan fingerprint density at radius 1 is 1.00 bits per heavy atom. The predicted octanol–water partition coefficient (Wildman–Crippen LogP) is 3.35. The van der Waals surface area contributed by atoms with E-state index in [2.05, 4.69) is 23.8 Å². The highest BCUT2D eigenvalue weighted by atomic mass is 32.2. The van der Waals surface area contributed by atoms with E-state index in [4.69, 9.17) is 16.6 Å². The van der Waals surface area contributed by atoms with E-state index in [0.717, 1.165) is 0 Å². The molecule has 1 aromatic rings. The fourth-order valence-corrected chi connectivity index (χ4v) is 0.972. The summed E-state index contributed by atoms with van der Waals surface area (Å²) < 4.78 is 28.9. The van der Waals surface area contributed by atoms with Gasteiger partial charge in [-0.3, -0.25) is 0 Å². The highest BCUT2D eigenvalue weighted by Crippen LogP contribution is 2.08. The van der Waals surface area contributed by atoms with Gasteiger partial charge >= 0.3 is 16.3 Å². The SMILES string of the molecule is [N-]=[N+]=NC(=O)Oc1ccccc1.[N-]=[N+]=NS(=O)(=O)N=[N+]=[N-]. The van der Waals surface area contributed by atoms with E-state index < -0.39 is 16.3 Å². The molecule has 0 aliphatic rings. The zero-order valence-corrected chi connectivity index (χ0v) is 10.8. The summed E-state index contributed by atoms with van der Waals surface area (Å²) in [6.07, 6.45) is -0.955. The number of azide groups is 2. The molecule has 0 aliphatic carbocycles.